The lowest BCUT2D eigenvalue weighted by Gasteiger charge is -2.03. The first-order valence-electron chi connectivity index (χ1n) is 4.65. The Morgan fingerprint density at radius 2 is 2.27 bits per heavy atom. The second-order valence-electron chi connectivity index (χ2n) is 3.05. The molecule has 0 heterocycles. The van der Waals surface area contributed by atoms with E-state index < -0.39 is 0 Å². The Labute approximate surface area is 92.7 Å². The zero-order chi connectivity index (χ0) is 11.1. The molecule has 0 radical (unpaired) electrons. The largest absolute Gasteiger partial charge is 0.396 e. The van der Waals surface area contributed by atoms with Crippen LogP contribution in [-0.2, 0) is 5.75 Å². The van der Waals surface area contributed by atoms with Gasteiger partial charge in [0, 0.05) is 12.4 Å². The van der Waals surface area contributed by atoms with Gasteiger partial charge in [-0.25, -0.2) is 4.39 Å². The van der Waals surface area contributed by atoms with Crippen molar-refractivity contribution in [3.63, 3.8) is 0 Å². The molecule has 0 atom stereocenters. The number of nitrogens with zero attached hydrogens (tertiary/aromatic N) is 1. The molecular formula is C11H12FNOS. The van der Waals surface area contributed by atoms with Crippen LogP contribution in [0.4, 0.5) is 4.39 Å². The van der Waals surface area contributed by atoms with Crippen molar-refractivity contribution in [1.29, 1.82) is 5.26 Å². The lowest BCUT2D eigenvalue weighted by molar-refractivity contribution is 0.296. The molecule has 0 aliphatic heterocycles. The van der Waals surface area contributed by atoms with E-state index in [1.807, 2.05) is 6.07 Å². The minimum absolute atomic E-state index is 0.160. The minimum atomic E-state index is -0.273. The van der Waals surface area contributed by atoms with Gasteiger partial charge < -0.3 is 5.11 Å². The number of halogens is 1. The molecule has 1 rings (SSSR count). The first-order chi connectivity index (χ1) is 7.27. The van der Waals surface area contributed by atoms with E-state index in [0.717, 1.165) is 5.75 Å². The van der Waals surface area contributed by atoms with Crippen molar-refractivity contribution in [2.24, 2.45) is 0 Å². The van der Waals surface area contributed by atoms with E-state index >= 15 is 0 Å². The number of hydrogen-bond acceptors (Lipinski definition) is 3. The second kappa shape index (κ2) is 6.44. The summed E-state index contributed by atoms with van der Waals surface area (Å²) < 4.78 is 13.2. The van der Waals surface area contributed by atoms with Gasteiger partial charge >= 0.3 is 0 Å². The Morgan fingerprint density at radius 3 is 2.93 bits per heavy atom. The Hall–Kier alpha value is -1.05. The fourth-order valence-corrected chi connectivity index (χ4v) is 2.02. The summed E-state index contributed by atoms with van der Waals surface area (Å²) in [5, 5.41) is 17.2. The summed E-state index contributed by atoms with van der Waals surface area (Å²) in [6.45, 7) is 0.160. The van der Waals surface area contributed by atoms with Crippen LogP contribution >= 0.6 is 11.8 Å². The third-order valence-corrected chi connectivity index (χ3v) is 2.97. The van der Waals surface area contributed by atoms with Crippen LogP contribution in [0.5, 0.6) is 0 Å². The minimum Gasteiger partial charge on any atom is -0.396 e. The summed E-state index contributed by atoms with van der Waals surface area (Å²) in [7, 11) is 0. The summed E-state index contributed by atoms with van der Waals surface area (Å²) in [5.41, 5.74) is 1.03. The van der Waals surface area contributed by atoms with Crippen molar-refractivity contribution in [2.75, 3.05) is 12.4 Å². The Balaban J connectivity index is 2.56. The van der Waals surface area contributed by atoms with Gasteiger partial charge in [-0.05, 0) is 35.9 Å². The maximum atomic E-state index is 13.2. The average Bonchev–Trinajstić information content (AvgIpc) is 2.26. The fraction of sp³-hybridized carbons (Fsp3) is 0.364. The fourth-order valence-electron chi connectivity index (χ4n) is 1.10. The summed E-state index contributed by atoms with van der Waals surface area (Å²) in [5.74, 6) is 1.07. The molecule has 0 unspecified atom stereocenters. The number of nitriles is 1. The molecule has 0 saturated heterocycles. The molecule has 0 bridgehead atoms. The molecule has 0 aliphatic rings. The highest BCUT2D eigenvalue weighted by atomic mass is 32.2. The zero-order valence-electron chi connectivity index (χ0n) is 8.24. The SMILES string of the molecule is N#Cc1ccc(F)c(CSCCCO)c1. The van der Waals surface area contributed by atoms with E-state index in [0.29, 0.717) is 23.3 Å². The maximum Gasteiger partial charge on any atom is 0.127 e. The topological polar surface area (TPSA) is 44.0 Å². The van der Waals surface area contributed by atoms with Crippen LogP contribution in [0.2, 0.25) is 0 Å². The molecule has 0 aliphatic carbocycles. The molecule has 80 valence electrons. The Kier molecular flexibility index (Phi) is 5.16. The van der Waals surface area contributed by atoms with Gasteiger partial charge in [0.15, 0.2) is 0 Å². The van der Waals surface area contributed by atoms with Crippen molar-refractivity contribution < 1.29 is 9.50 Å². The number of aliphatic hydroxyl groups excluding tert-OH is 1. The van der Waals surface area contributed by atoms with Crippen molar-refractivity contribution >= 4 is 11.8 Å². The highest BCUT2D eigenvalue weighted by molar-refractivity contribution is 7.98. The van der Waals surface area contributed by atoms with E-state index in [-0.39, 0.29) is 12.4 Å². The molecule has 2 nitrogen and oxygen atoms in total. The van der Waals surface area contributed by atoms with Crippen LogP contribution in [-0.4, -0.2) is 17.5 Å². The van der Waals surface area contributed by atoms with Crippen molar-refractivity contribution in [3.8, 4) is 6.07 Å². The highest BCUT2D eigenvalue weighted by Crippen LogP contribution is 2.17. The average molecular weight is 225 g/mol. The lowest BCUT2D eigenvalue weighted by Crippen LogP contribution is -1.91. The van der Waals surface area contributed by atoms with E-state index in [4.69, 9.17) is 10.4 Å². The number of aliphatic hydroxyl groups is 1. The second-order valence-corrected chi connectivity index (χ2v) is 4.15. The molecule has 0 aromatic heterocycles. The Bertz CT molecular complexity index is 362. The van der Waals surface area contributed by atoms with Crippen LogP contribution in [0, 0.1) is 17.1 Å². The summed E-state index contributed by atoms with van der Waals surface area (Å²) in [6.07, 6.45) is 0.713. The van der Waals surface area contributed by atoms with Gasteiger partial charge in [0.25, 0.3) is 0 Å². The van der Waals surface area contributed by atoms with Crippen LogP contribution in [0.15, 0.2) is 18.2 Å². The van der Waals surface area contributed by atoms with Gasteiger partial charge in [-0.1, -0.05) is 0 Å². The molecule has 15 heavy (non-hydrogen) atoms. The van der Waals surface area contributed by atoms with Crippen LogP contribution < -0.4 is 0 Å². The third kappa shape index (κ3) is 3.90. The van der Waals surface area contributed by atoms with Crippen LogP contribution in [0.1, 0.15) is 17.5 Å². The first-order valence-corrected chi connectivity index (χ1v) is 5.80. The quantitative estimate of drug-likeness (QED) is 0.782. The summed E-state index contributed by atoms with van der Waals surface area (Å²) in [6, 6.07) is 6.34. The third-order valence-electron chi connectivity index (χ3n) is 1.88. The highest BCUT2D eigenvalue weighted by Gasteiger charge is 2.03. The summed E-state index contributed by atoms with van der Waals surface area (Å²) >= 11 is 1.55. The van der Waals surface area contributed by atoms with Gasteiger partial charge in [-0.3, -0.25) is 0 Å². The van der Waals surface area contributed by atoms with Crippen molar-refractivity contribution in [2.45, 2.75) is 12.2 Å². The maximum absolute atomic E-state index is 13.2. The molecule has 1 N–H and O–H groups in total. The van der Waals surface area contributed by atoms with Crippen LogP contribution in [0.3, 0.4) is 0 Å². The number of benzene rings is 1. The number of thioether (sulfide) groups is 1. The number of hydrogen-bond donors (Lipinski definition) is 1. The molecule has 0 spiro atoms. The molecule has 0 amide bonds. The normalized spacial score (nSPS) is 9.93. The van der Waals surface area contributed by atoms with Crippen LogP contribution in [0.25, 0.3) is 0 Å². The monoisotopic (exact) mass is 225 g/mol. The molecule has 4 heteroatoms. The van der Waals surface area contributed by atoms with Gasteiger partial charge in [0.05, 0.1) is 11.6 Å². The zero-order valence-corrected chi connectivity index (χ0v) is 9.06. The van der Waals surface area contributed by atoms with Gasteiger partial charge in [-0.2, -0.15) is 17.0 Å². The standard InChI is InChI=1S/C11H12FNOS/c12-11-3-2-9(7-13)6-10(11)8-15-5-1-4-14/h2-3,6,14H,1,4-5,8H2. The Morgan fingerprint density at radius 1 is 1.47 bits per heavy atom. The van der Waals surface area contributed by atoms with Crippen molar-refractivity contribution in [1.82, 2.24) is 0 Å². The predicted molar refractivity (Wildman–Crippen MR) is 59.0 cm³/mol. The molecular weight excluding hydrogens is 213 g/mol. The van der Waals surface area contributed by atoms with E-state index in [1.165, 1.54) is 12.1 Å². The molecule has 0 fully saturated rings. The van der Waals surface area contributed by atoms with Gasteiger partial charge in [-0.15, -0.1) is 0 Å². The van der Waals surface area contributed by atoms with E-state index in [1.54, 1.807) is 17.8 Å². The molecule has 0 saturated carbocycles. The van der Waals surface area contributed by atoms with Crippen molar-refractivity contribution in [3.05, 3.63) is 35.1 Å². The van der Waals surface area contributed by atoms with E-state index in [2.05, 4.69) is 0 Å². The van der Waals surface area contributed by atoms with Gasteiger partial charge in [0.1, 0.15) is 5.82 Å². The molecule has 1 aromatic rings. The lowest BCUT2D eigenvalue weighted by atomic mass is 10.1. The predicted octanol–water partition coefficient (Wildman–Crippen LogP) is 2.31. The number of rotatable bonds is 5. The smallest absolute Gasteiger partial charge is 0.127 e. The van der Waals surface area contributed by atoms with E-state index in [9.17, 15) is 4.39 Å². The molecule has 1 aromatic carbocycles. The first kappa shape index (κ1) is 12.0. The van der Waals surface area contributed by atoms with Gasteiger partial charge in [0.2, 0.25) is 0 Å². The summed E-state index contributed by atoms with van der Waals surface area (Å²) in [4.78, 5) is 0.